The Balaban J connectivity index is 2.15. The van der Waals surface area contributed by atoms with Crippen molar-refractivity contribution in [3.05, 3.63) is 23.8 Å². The average Bonchev–Trinajstić information content (AvgIpc) is 2.60. The summed E-state index contributed by atoms with van der Waals surface area (Å²) in [7, 11) is 1.56. The first-order chi connectivity index (χ1) is 11.1. The van der Waals surface area contributed by atoms with Crippen LogP contribution in [0.4, 0.5) is 0 Å². The molecule has 1 saturated heterocycles. The fourth-order valence-electron chi connectivity index (χ4n) is 2.76. The molecule has 0 aromatic heterocycles. The van der Waals surface area contributed by atoms with E-state index in [1.54, 1.807) is 36.8 Å². The zero-order valence-corrected chi connectivity index (χ0v) is 14.6. The molecule has 1 atom stereocenters. The van der Waals surface area contributed by atoms with Gasteiger partial charge in [0, 0.05) is 18.0 Å². The van der Waals surface area contributed by atoms with Crippen LogP contribution in [-0.4, -0.2) is 49.8 Å². The number of piperidine rings is 1. The fraction of sp³-hybridized carbons (Fsp3) is 0.529. The highest BCUT2D eigenvalue weighted by atomic mass is 32.2. The Morgan fingerprint density at radius 3 is 2.83 bits per heavy atom. The Kier molecular flexibility index (Phi) is 6.33. The highest BCUT2D eigenvalue weighted by Crippen LogP contribution is 2.28. The van der Waals surface area contributed by atoms with Gasteiger partial charge in [-0.2, -0.15) is 0 Å². The fourth-order valence-corrected chi connectivity index (χ4v) is 3.19. The lowest BCUT2D eigenvalue weighted by Gasteiger charge is -2.32. The number of carbonyl (C=O) groups excluding carboxylic acids is 2. The minimum absolute atomic E-state index is 0.0940. The van der Waals surface area contributed by atoms with Crippen LogP contribution in [0.25, 0.3) is 0 Å². The van der Waals surface area contributed by atoms with Crippen molar-refractivity contribution in [2.24, 2.45) is 5.92 Å². The molecule has 5 nitrogen and oxygen atoms in total. The van der Waals surface area contributed by atoms with E-state index in [-0.39, 0.29) is 17.8 Å². The van der Waals surface area contributed by atoms with E-state index in [0.29, 0.717) is 31.0 Å². The Hall–Kier alpha value is -1.69. The second-order valence-electron chi connectivity index (χ2n) is 5.41. The molecule has 0 bridgehead atoms. The van der Waals surface area contributed by atoms with E-state index in [2.05, 4.69) is 0 Å². The van der Waals surface area contributed by atoms with Gasteiger partial charge >= 0.3 is 5.97 Å². The number of hydrogen-bond donors (Lipinski definition) is 0. The van der Waals surface area contributed by atoms with Gasteiger partial charge in [0.25, 0.3) is 5.91 Å². The topological polar surface area (TPSA) is 55.8 Å². The third-order valence-corrected chi connectivity index (χ3v) is 4.69. The Labute approximate surface area is 141 Å². The minimum Gasteiger partial charge on any atom is -0.496 e. The van der Waals surface area contributed by atoms with Gasteiger partial charge in [-0.25, -0.2) is 0 Å². The Bertz CT molecular complexity index is 576. The van der Waals surface area contributed by atoms with Crippen LogP contribution < -0.4 is 4.74 Å². The quantitative estimate of drug-likeness (QED) is 0.611. The van der Waals surface area contributed by atoms with Crippen molar-refractivity contribution in [2.45, 2.75) is 24.7 Å². The van der Waals surface area contributed by atoms with Gasteiger partial charge in [-0.3, -0.25) is 9.59 Å². The van der Waals surface area contributed by atoms with E-state index in [1.165, 1.54) is 0 Å². The number of rotatable bonds is 5. The standard InChI is InChI=1S/C17H23NO4S/c1-4-22-17(20)12-6-5-9-18(11-12)16(19)14-8-7-13(23-3)10-15(14)21-2/h7-8,10,12H,4-6,9,11H2,1-3H3/t12-/m0/s1. The summed E-state index contributed by atoms with van der Waals surface area (Å²) in [5.74, 6) is 0.0300. The first-order valence-corrected chi connectivity index (χ1v) is 9.01. The molecule has 1 amide bonds. The van der Waals surface area contributed by atoms with Gasteiger partial charge < -0.3 is 14.4 Å². The summed E-state index contributed by atoms with van der Waals surface area (Å²) in [5, 5.41) is 0. The van der Waals surface area contributed by atoms with Crippen LogP contribution in [0, 0.1) is 5.92 Å². The van der Waals surface area contributed by atoms with E-state index in [0.717, 1.165) is 17.7 Å². The number of nitrogens with zero attached hydrogens (tertiary/aromatic N) is 1. The van der Waals surface area contributed by atoms with Crippen LogP contribution in [0.15, 0.2) is 23.1 Å². The van der Waals surface area contributed by atoms with Gasteiger partial charge in [0.2, 0.25) is 0 Å². The lowest BCUT2D eigenvalue weighted by Crippen LogP contribution is -2.42. The van der Waals surface area contributed by atoms with Crippen LogP contribution in [0.5, 0.6) is 5.75 Å². The van der Waals surface area contributed by atoms with Crippen molar-refractivity contribution < 1.29 is 19.1 Å². The molecule has 1 aliphatic heterocycles. The predicted octanol–water partition coefficient (Wildman–Crippen LogP) is 2.83. The maximum Gasteiger partial charge on any atom is 0.310 e. The molecule has 1 aromatic carbocycles. The molecule has 0 radical (unpaired) electrons. The largest absolute Gasteiger partial charge is 0.496 e. The SMILES string of the molecule is CCOC(=O)[C@H]1CCCN(C(=O)c2ccc(SC)cc2OC)C1. The normalized spacial score (nSPS) is 17.7. The molecule has 1 aromatic rings. The minimum atomic E-state index is -0.232. The highest BCUT2D eigenvalue weighted by molar-refractivity contribution is 7.98. The number of ether oxygens (including phenoxy) is 2. The number of esters is 1. The lowest BCUT2D eigenvalue weighted by molar-refractivity contribution is -0.149. The summed E-state index contributed by atoms with van der Waals surface area (Å²) < 4.78 is 10.4. The highest BCUT2D eigenvalue weighted by Gasteiger charge is 2.30. The first-order valence-electron chi connectivity index (χ1n) is 7.78. The second kappa shape index (κ2) is 8.24. The molecule has 0 saturated carbocycles. The van der Waals surface area contributed by atoms with Gasteiger partial charge in [0.1, 0.15) is 5.75 Å². The van der Waals surface area contributed by atoms with Gasteiger partial charge in [0.05, 0.1) is 25.2 Å². The summed E-state index contributed by atoms with van der Waals surface area (Å²) in [4.78, 5) is 27.5. The Morgan fingerprint density at radius 2 is 2.17 bits per heavy atom. The summed E-state index contributed by atoms with van der Waals surface area (Å²) in [6, 6.07) is 5.57. The summed E-state index contributed by atoms with van der Waals surface area (Å²) in [6.07, 6.45) is 3.55. The first kappa shape index (κ1) is 17.7. The zero-order chi connectivity index (χ0) is 16.8. The van der Waals surface area contributed by atoms with Crippen molar-refractivity contribution in [3.8, 4) is 5.75 Å². The molecule has 23 heavy (non-hydrogen) atoms. The van der Waals surface area contributed by atoms with Gasteiger partial charge in [-0.1, -0.05) is 0 Å². The molecule has 1 fully saturated rings. The molecule has 2 rings (SSSR count). The summed E-state index contributed by atoms with van der Waals surface area (Å²) >= 11 is 1.60. The number of methoxy groups -OCH3 is 1. The predicted molar refractivity (Wildman–Crippen MR) is 90.0 cm³/mol. The van der Waals surface area contributed by atoms with Gasteiger partial charge in [-0.05, 0) is 44.2 Å². The smallest absolute Gasteiger partial charge is 0.310 e. The molecule has 1 aliphatic rings. The van der Waals surface area contributed by atoms with E-state index < -0.39 is 0 Å². The molecule has 6 heteroatoms. The number of hydrogen-bond acceptors (Lipinski definition) is 5. The summed E-state index contributed by atoms with van der Waals surface area (Å²) in [5.41, 5.74) is 0.537. The van der Waals surface area contributed by atoms with Crippen LogP contribution >= 0.6 is 11.8 Å². The van der Waals surface area contributed by atoms with Crippen molar-refractivity contribution >= 4 is 23.6 Å². The average molecular weight is 337 g/mol. The second-order valence-corrected chi connectivity index (χ2v) is 6.29. The molecule has 0 spiro atoms. The molecule has 126 valence electrons. The maximum absolute atomic E-state index is 12.8. The van der Waals surface area contributed by atoms with Crippen LogP contribution in [-0.2, 0) is 9.53 Å². The molecule has 1 heterocycles. The van der Waals surface area contributed by atoms with Crippen LogP contribution in [0.1, 0.15) is 30.1 Å². The van der Waals surface area contributed by atoms with Gasteiger partial charge in [0.15, 0.2) is 0 Å². The monoisotopic (exact) mass is 337 g/mol. The Morgan fingerprint density at radius 1 is 1.39 bits per heavy atom. The number of thioether (sulfide) groups is 1. The van der Waals surface area contributed by atoms with Crippen molar-refractivity contribution in [3.63, 3.8) is 0 Å². The van der Waals surface area contributed by atoms with Crippen molar-refractivity contribution in [1.82, 2.24) is 4.90 Å². The number of amides is 1. The number of likely N-dealkylation sites (tertiary alicyclic amines) is 1. The van der Waals surface area contributed by atoms with Crippen molar-refractivity contribution in [1.29, 1.82) is 0 Å². The van der Waals surface area contributed by atoms with Crippen molar-refractivity contribution in [2.75, 3.05) is 33.1 Å². The van der Waals surface area contributed by atoms with E-state index in [9.17, 15) is 9.59 Å². The molecule has 0 aliphatic carbocycles. The molecule has 0 unspecified atom stereocenters. The third-order valence-electron chi connectivity index (χ3n) is 3.97. The summed E-state index contributed by atoms with van der Waals surface area (Å²) in [6.45, 7) is 3.22. The van der Waals surface area contributed by atoms with E-state index in [4.69, 9.17) is 9.47 Å². The maximum atomic E-state index is 12.8. The third kappa shape index (κ3) is 4.19. The van der Waals surface area contributed by atoms with Gasteiger partial charge in [-0.15, -0.1) is 11.8 Å². The van der Waals surface area contributed by atoms with Crippen LogP contribution in [0.2, 0.25) is 0 Å². The van der Waals surface area contributed by atoms with E-state index >= 15 is 0 Å². The van der Waals surface area contributed by atoms with E-state index in [1.807, 2.05) is 18.4 Å². The lowest BCUT2D eigenvalue weighted by atomic mass is 9.97. The molecular formula is C17H23NO4S. The number of carbonyl (C=O) groups is 2. The van der Waals surface area contributed by atoms with Crippen LogP contribution in [0.3, 0.4) is 0 Å². The zero-order valence-electron chi connectivity index (χ0n) is 13.8. The molecular weight excluding hydrogens is 314 g/mol. The molecule has 0 N–H and O–H groups in total. The number of benzene rings is 1.